The number of rotatable bonds is 7. The van der Waals surface area contributed by atoms with Crippen LogP contribution in [0.3, 0.4) is 0 Å². The molecule has 0 saturated heterocycles. The molecule has 6 aromatic carbocycles. The van der Waals surface area contributed by atoms with Gasteiger partial charge in [-0.15, -0.1) is 0 Å². The fourth-order valence-electron chi connectivity index (χ4n) is 8.12. The Labute approximate surface area is 325 Å². The van der Waals surface area contributed by atoms with Crippen molar-refractivity contribution < 1.29 is 0 Å². The quantitative estimate of drug-likeness (QED) is 0.122. The highest BCUT2D eigenvalue weighted by Gasteiger charge is 2.18. The van der Waals surface area contributed by atoms with E-state index in [2.05, 4.69) is 181 Å². The summed E-state index contributed by atoms with van der Waals surface area (Å²) in [4.78, 5) is 14.7. The number of fused-ring (bicyclic) bond motifs is 6. The van der Waals surface area contributed by atoms with Gasteiger partial charge in [0.2, 0.25) is 0 Å². The van der Waals surface area contributed by atoms with Crippen molar-refractivity contribution in [2.24, 2.45) is 0 Å². The molecule has 0 saturated carbocycles. The van der Waals surface area contributed by atoms with Crippen molar-refractivity contribution in [1.29, 1.82) is 0 Å². The molecule has 4 heteroatoms. The first-order valence-corrected chi connectivity index (χ1v) is 18.9. The van der Waals surface area contributed by atoms with Crippen LogP contribution in [0.5, 0.6) is 0 Å². The number of hydrogen-bond acceptors (Lipinski definition) is 3. The minimum atomic E-state index is 0.831. The van der Waals surface area contributed by atoms with Crippen LogP contribution in [0.4, 0.5) is 0 Å². The number of allylic oxidation sites excluding steroid dienone is 5. The molecule has 0 amide bonds. The zero-order valence-corrected chi connectivity index (χ0v) is 30.9. The molecule has 0 aliphatic carbocycles. The zero-order chi connectivity index (χ0) is 37.6. The molecule has 10 aromatic rings. The largest absolute Gasteiger partial charge is 0.294 e. The lowest BCUT2D eigenvalue weighted by Crippen LogP contribution is -1.99. The van der Waals surface area contributed by atoms with E-state index in [9.17, 15) is 0 Å². The summed E-state index contributed by atoms with van der Waals surface area (Å²) in [7, 11) is 0. The van der Waals surface area contributed by atoms with Gasteiger partial charge >= 0.3 is 0 Å². The molecule has 4 nitrogen and oxygen atoms in total. The Bertz CT molecular complexity index is 3130. The summed E-state index contributed by atoms with van der Waals surface area (Å²) in [5.41, 5.74) is 10.3. The van der Waals surface area contributed by atoms with Crippen LogP contribution in [0.25, 0.3) is 93.5 Å². The fraction of sp³-hybridized carbons (Fsp3) is 0.0192. The van der Waals surface area contributed by atoms with Crippen LogP contribution in [0.15, 0.2) is 195 Å². The summed E-state index contributed by atoms with van der Waals surface area (Å²) in [6, 6.07) is 55.6. The van der Waals surface area contributed by atoms with Crippen molar-refractivity contribution in [3.8, 4) is 28.2 Å². The van der Waals surface area contributed by atoms with E-state index in [0.717, 1.165) is 61.4 Å². The molecule has 0 unspecified atom stereocenters. The lowest BCUT2D eigenvalue weighted by atomic mass is 9.86. The van der Waals surface area contributed by atoms with Crippen molar-refractivity contribution in [2.45, 2.75) is 6.92 Å². The molecule has 0 radical (unpaired) electrons. The average Bonchev–Trinajstić information content (AvgIpc) is 3.60. The van der Waals surface area contributed by atoms with Gasteiger partial charge in [0.1, 0.15) is 5.82 Å². The third-order valence-corrected chi connectivity index (χ3v) is 10.8. The molecule has 4 heterocycles. The van der Waals surface area contributed by atoms with Gasteiger partial charge < -0.3 is 0 Å². The Kier molecular flexibility index (Phi) is 8.15. The lowest BCUT2D eigenvalue weighted by molar-refractivity contribution is 1.07. The topological polar surface area (TPSA) is 43.6 Å². The summed E-state index contributed by atoms with van der Waals surface area (Å²) in [5, 5.41) is 9.50. The van der Waals surface area contributed by atoms with Gasteiger partial charge in [-0.2, -0.15) is 0 Å². The smallest absolute Gasteiger partial charge is 0.138 e. The molecule has 264 valence electrons. The predicted molar refractivity (Wildman–Crippen MR) is 236 cm³/mol. The molecule has 0 aliphatic heterocycles. The molecule has 4 aromatic heterocycles. The molecule has 0 spiro atoms. The third-order valence-electron chi connectivity index (χ3n) is 10.8. The number of para-hydroxylation sites is 1. The predicted octanol–water partition coefficient (Wildman–Crippen LogP) is 13.4. The maximum atomic E-state index is 5.24. The summed E-state index contributed by atoms with van der Waals surface area (Å²) >= 11 is 0. The van der Waals surface area contributed by atoms with E-state index in [4.69, 9.17) is 9.97 Å². The normalized spacial score (nSPS) is 12.1. The van der Waals surface area contributed by atoms with E-state index >= 15 is 0 Å². The van der Waals surface area contributed by atoms with E-state index in [1.165, 1.54) is 43.4 Å². The van der Waals surface area contributed by atoms with Crippen LogP contribution in [-0.2, 0) is 0 Å². The van der Waals surface area contributed by atoms with Crippen molar-refractivity contribution in [2.75, 3.05) is 0 Å². The number of aromatic nitrogens is 4. The van der Waals surface area contributed by atoms with Crippen LogP contribution in [-0.4, -0.2) is 19.5 Å². The molecule has 0 atom stereocenters. The van der Waals surface area contributed by atoms with Crippen LogP contribution < -0.4 is 0 Å². The first kappa shape index (κ1) is 33.2. The summed E-state index contributed by atoms with van der Waals surface area (Å²) in [6.07, 6.45) is 9.92. The Hall–Kier alpha value is -7.43. The fourth-order valence-corrected chi connectivity index (χ4v) is 8.12. The molecule has 10 rings (SSSR count). The zero-order valence-electron chi connectivity index (χ0n) is 30.9. The first-order chi connectivity index (χ1) is 27.6. The average molecular weight is 717 g/mol. The highest BCUT2D eigenvalue weighted by Crippen LogP contribution is 2.44. The van der Waals surface area contributed by atoms with Crippen molar-refractivity contribution >= 4 is 65.3 Å². The van der Waals surface area contributed by atoms with E-state index in [1.54, 1.807) is 0 Å². The number of benzene rings is 6. The van der Waals surface area contributed by atoms with Gasteiger partial charge in [0.25, 0.3) is 0 Å². The van der Waals surface area contributed by atoms with Crippen LogP contribution >= 0.6 is 0 Å². The van der Waals surface area contributed by atoms with E-state index in [0.29, 0.717) is 0 Å². The standard InChI is InChI=1S/C52H36N4/c1-34(14-11-15-35(2)46-24-13-27-50(55-46)56-48-26-10-9-18-39(48)44-33-53-31-30-49(44)56)45-23-12-25-47(54-45)52-42-21-7-5-19-40(42)51(41-20-6-8-22-43(41)52)38-29-28-36-16-3-4-17-37(36)32-38/h3-33H,1H2,2H3/b14-11-,35-15+. The Morgan fingerprint density at radius 1 is 0.554 bits per heavy atom. The molecule has 0 N–H and O–H groups in total. The van der Waals surface area contributed by atoms with Gasteiger partial charge in [-0.05, 0) is 104 Å². The monoisotopic (exact) mass is 716 g/mol. The maximum absolute atomic E-state index is 5.24. The summed E-state index contributed by atoms with van der Waals surface area (Å²) in [6.45, 7) is 6.52. The summed E-state index contributed by atoms with van der Waals surface area (Å²) < 4.78 is 2.21. The molecule has 0 fully saturated rings. The van der Waals surface area contributed by atoms with Gasteiger partial charge in [0.15, 0.2) is 0 Å². The second-order valence-electron chi connectivity index (χ2n) is 14.2. The Morgan fingerprint density at radius 3 is 1.98 bits per heavy atom. The van der Waals surface area contributed by atoms with Gasteiger partial charge in [0.05, 0.1) is 28.1 Å². The van der Waals surface area contributed by atoms with Gasteiger partial charge in [-0.25, -0.2) is 9.97 Å². The number of pyridine rings is 3. The highest BCUT2D eigenvalue weighted by molar-refractivity contribution is 6.21. The molecule has 0 bridgehead atoms. The SMILES string of the molecule is C=C(/C=C\C=C(/C)c1cccc(-n2c3ccccc3c3cnccc32)n1)c1cccc(-c2c3ccccc3c(-c3ccc4ccccc4c3)c3ccccc23)n1. The van der Waals surface area contributed by atoms with Crippen LogP contribution in [0.2, 0.25) is 0 Å². The molecule has 56 heavy (non-hydrogen) atoms. The van der Waals surface area contributed by atoms with E-state index in [-0.39, 0.29) is 0 Å². The lowest BCUT2D eigenvalue weighted by Gasteiger charge is -2.18. The maximum Gasteiger partial charge on any atom is 0.138 e. The summed E-state index contributed by atoms with van der Waals surface area (Å²) in [5.74, 6) is 0.868. The second-order valence-corrected chi connectivity index (χ2v) is 14.2. The molecule has 0 aliphatic rings. The highest BCUT2D eigenvalue weighted by atomic mass is 15.1. The van der Waals surface area contributed by atoms with Gasteiger partial charge in [0, 0.05) is 28.7 Å². The van der Waals surface area contributed by atoms with Crippen molar-refractivity contribution in [3.05, 3.63) is 206 Å². The van der Waals surface area contributed by atoms with Crippen LogP contribution in [0, 0.1) is 0 Å². The Balaban J connectivity index is 0.987. The van der Waals surface area contributed by atoms with E-state index < -0.39 is 0 Å². The Morgan fingerprint density at radius 2 is 1.20 bits per heavy atom. The minimum absolute atomic E-state index is 0.831. The van der Waals surface area contributed by atoms with Crippen LogP contribution in [0.1, 0.15) is 18.3 Å². The van der Waals surface area contributed by atoms with Gasteiger partial charge in [-0.1, -0.05) is 140 Å². The number of hydrogen-bond donors (Lipinski definition) is 0. The van der Waals surface area contributed by atoms with Crippen molar-refractivity contribution in [3.63, 3.8) is 0 Å². The second kappa shape index (κ2) is 13.8. The van der Waals surface area contributed by atoms with E-state index in [1.807, 2.05) is 30.6 Å². The molecular formula is C52H36N4. The van der Waals surface area contributed by atoms with Gasteiger partial charge in [-0.3, -0.25) is 9.55 Å². The third kappa shape index (κ3) is 5.67. The van der Waals surface area contributed by atoms with Crippen molar-refractivity contribution in [1.82, 2.24) is 19.5 Å². The first-order valence-electron chi connectivity index (χ1n) is 18.9. The molecular weight excluding hydrogens is 681 g/mol. The minimum Gasteiger partial charge on any atom is -0.294 e. The number of nitrogens with zero attached hydrogens (tertiary/aromatic N) is 4.